The molecule has 1 aromatic carbocycles. The molecule has 42 heavy (non-hydrogen) atoms. The number of aliphatic carboxylic acids is 2. The average molecular weight is 597 g/mol. The van der Waals surface area contributed by atoms with E-state index in [4.69, 9.17) is 26.8 Å². The second kappa shape index (κ2) is 17.9. The molecular weight excluding hydrogens is 560 g/mol. The van der Waals surface area contributed by atoms with Crippen LogP contribution in [0.15, 0.2) is 30.3 Å². The number of carbonyl (C=O) groups excluding carboxylic acids is 5. The van der Waals surface area contributed by atoms with E-state index in [1.807, 2.05) is 5.32 Å². The second-order valence-corrected chi connectivity index (χ2v) is 9.18. The standard InChI is InChI=1S/C25H36N6O11/c26-14(10-13-4-2-1-3-5-13)21(37)28-15(6-8-19(27)34)22(38)29-16(7-9-20(35)36)23(39)30-17(11-32)24(40)31-18(12-33)25(41)42/h1-5,14-18,32-33H,6-12,26H2,(H2,27,34)(H,28,37)(H,29,38)(H,30,39)(H,31,40)(H,35,36)(H,41,42)/t14-,15-,16-,17-,18-/m0/s1. The van der Waals surface area contributed by atoms with Crippen LogP contribution in [0.25, 0.3) is 0 Å². The number of aliphatic hydroxyl groups is 2. The quantitative estimate of drug-likeness (QED) is 0.0725. The van der Waals surface area contributed by atoms with Crippen molar-refractivity contribution >= 4 is 41.5 Å². The van der Waals surface area contributed by atoms with E-state index in [1.54, 1.807) is 30.3 Å². The third kappa shape index (κ3) is 12.7. The summed E-state index contributed by atoms with van der Waals surface area (Å²) in [4.78, 5) is 84.7. The Hall–Kier alpha value is -4.61. The third-order valence-corrected chi connectivity index (χ3v) is 5.84. The monoisotopic (exact) mass is 596 g/mol. The van der Waals surface area contributed by atoms with Crippen LogP contribution >= 0.6 is 0 Å². The van der Waals surface area contributed by atoms with E-state index in [0.717, 1.165) is 5.56 Å². The lowest BCUT2D eigenvalue weighted by Gasteiger charge is -2.25. The van der Waals surface area contributed by atoms with Crippen molar-refractivity contribution in [1.82, 2.24) is 21.3 Å². The highest BCUT2D eigenvalue weighted by molar-refractivity contribution is 5.95. The van der Waals surface area contributed by atoms with E-state index >= 15 is 0 Å². The molecule has 0 bridgehead atoms. The molecule has 0 saturated heterocycles. The molecule has 1 rings (SSSR count). The first kappa shape index (κ1) is 35.4. The number of nitrogens with two attached hydrogens (primary N) is 2. The van der Waals surface area contributed by atoms with Gasteiger partial charge in [-0.2, -0.15) is 0 Å². The maximum atomic E-state index is 13.1. The first-order valence-electron chi connectivity index (χ1n) is 12.7. The number of carboxylic acid groups (broad SMARTS) is 2. The van der Waals surface area contributed by atoms with Crippen molar-refractivity contribution < 1.29 is 54.0 Å². The summed E-state index contributed by atoms with van der Waals surface area (Å²) < 4.78 is 0. The van der Waals surface area contributed by atoms with Crippen molar-refractivity contribution in [1.29, 1.82) is 0 Å². The molecule has 0 spiro atoms. The van der Waals surface area contributed by atoms with Crippen LogP contribution in [0.4, 0.5) is 0 Å². The molecule has 0 radical (unpaired) electrons. The number of rotatable bonds is 19. The summed E-state index contributed by atoms with van der Waals surface area (Å²) >= 11 is 0. The number of carbonyl (C=O) groups is 7. The smallest absolute Gasteiger partial charge is 0.328 e. The largest absolute Gasteiger partial charge is 0.481 e. The predicted octanol–water partition coefficient (Wildman–Crippen LogP) is -4.30. The highest BCUT2D eigenvalue weighted by Crippen LogP contribution is 2.06. The van der Waals surface area contributed by atoms with Crippen LogP contribution in [0.2, 0.25) is 0 Å². The lowest BCUT2D eigenvalue weighted by atomic mass is 10.0. The van der Waals surface area contributed by atoms with Gasteiger partial charge in [-0.1, -0.05) is 30.3 Å². The van der Waals surface area contributed by atoms with Crippen molar-refractivity contribution in [2.45, 2.75) is 62.3 Å². The highest BCUT2D eigenvalue weighted by atomic mass is 16.4. The SMILES string of the molecule is NC(=O)CC[C@H](NC(=O)[C@@H](N)Cc1ccccc1)C(=O)N[C@@H](CCC(=O)O)C(=O)N[C@@H](CO)C(=O)N[C@@H](CO)C(=O)O. The Bertz CT molecular complexity index is 1120. The van der Waals surface area contributed by atoms with E-state index in [-0.39, 0.29) is 19.3 Å². The Balaban J connectivity index is 3.06. The summed E-state index contributed by atoms with van der Waals surface area (Å²) in [6, 6.07) is 1.11. The Morgan fingerprint density at radius 1 is 0.667 bits per heavy atom. The van der Waals surface area contributed by atoms with Gasteiger partial charge in [-0.15, -0.1) is 0 Å². The average Bonchev–Trinajstić information content (AvgIpc) is 2.94. The van der Waals surface area contributed by atoms with Crippen LogP contribution in [-0.4, -0.2) is 105 Å². The number of nitrogens with one attached hydrogen (secondary N) is 4. The molecule has 1 aromatic rings. The Labute approximate surface area is 240 Å². The fraction of sp³-hybridized carbons (Fsp3) is 0.480. The molecule has 0 unspecified atom stereocenters. The molecule has 0 fully saturated rings. The van der Waals surface area contributed by atoms with Crippen molar-refractivity contribution in [3.63, 3.8) is 0 Å². The molecule has 0 aliphatic heterocycles. The normalized spacial score (nSPS) is 14.3. The van der Waals surface area contributed by atoms with E-state index in [1.165, 1.54) is 0 Å². The highest BCUT2D eigenvalue weighted by Gasteiger charge is 2.32. The molecule has 17 heteroatoms. The molecule has 232 valence electrons. The first-order chi connectivity index (χ1) is 19.8. The van der Waals surface area contributed by atoms with Crippen LogP contribution in [0, 0.1) is 0 Å². The second-order valence-electron chi connectivity index (χ2n) is 9.18. The van der Waals surface area contributed by atoms with Gasteiger partial charge in [0, 0.05) is 12.8 Å². The fourth-order valence-corrected chi connectivity index (χ4v) is 3.53. The van der Waals surface area contributed by atoms with Crippen molar-refractivity contribution in [3.8, 4) is 0 Å². The van der Waals surface area contributed by atoms with Crippen molar-refractivity contribution in [2.75, 3.05) is 13.2 Å². The van der Waals surface area contributed by atoms with Gasteiger partial charge in [-0.05, 0) is 24.8 Å². The molecule has 0 heterocycles. The van der Waals surface area contributed by atoms with Gasteiger partial charge < -0.3 is 53.2 Å². The molecular formula is C25H36N6O11. The first-order valence-corrected chi connectivity index (χ1v) is 12.7. The van der Waals surface area contributed by atoms with E-state index < -0.39 is 97.7 Å². The summed E-state index contributed by atoms with van der Waals surface area (Å²) in [5.74, 6) is -7.80. The summed E-state index contributed by atoms with van der Waals surface area (Å²) in [7, 11) is 0. The molecule has 5 atom stereocenters. The van der Waals surface area contributed by atoms with Crippen LogP contribution in [0.1, 0.15) is 31.2 Å². The van der Waals surface area contributed by atoms with Gasteiger partial charge in [-0.3, -0.25) is 28.8 Å². The Morgan fingerprint density at radius 3 is 1.60 bits per heavy atom. The topological polar surface area (TPSA) is 301 Å². The molecule has 5 amide bonds. The van der Waals surface area contributed by atoms with Gasteiger partial charge in [-0.25, -0.2) is 4.79 Å². The van der Waals surface area contributed by atoms with Gasteiger partial charge in [0.2, 0.25) is 29.5 Å². The predicted molar refractivity (Wildman–Crippen MR) is 143 cm³/mol. The molecule has 12 N–H and O–H groups in total. The molecule has 0 aliphatic carbocycles. The van der Waals surface area contributed by atoms with Crippen LogP contribution in [-0.2, 0) is 40.0 Å². The van der Waals surface area contributed by atoms with Gasteiger partial charge in [0.25, 0.3) is 0 Å². The number of amides is 5. The number of hydrogen-bond acceptors (Lipinski definition) is 10. The zero-order valence-electron chi connectivity index (χ0n) is 22.5. The van der Waals surface area contributed by atoms with E-state index in [9.17, 15) is 38.7 Å². The van der Waals surface area contributed by atoms with Gasteiger partial charge in [0.05, 0.1) is 19.3 Å². The lowest BCUT2D eigenvalue weighted by molar-refractivity contribution is -0.143. The number of hydrogen-bond donors (Lipinski definition) is 10. The van der Waals surface area contributed by atoms with Crippen molar-refractivity contribution in [3.05, 3.63) is 35.9 Å². The minimum absolute atomic E-state index is 0.115. The summed E-state index contributed by atoms with van der Waals surface area (Å²) in [6.45, 7) is -2.01. The van der Waals surface area contributed by atoms with Crippen LogP contribution in [0.5, 0.6) is 0 Å². The summed E-state index contributed by atoms with van der Waals surface area (Å²) in [5.41, 5.74) is 11.9. The number of benzene rings is 1. The fourth-order valence-electron chi connectivity index (χ4n) is 3.53. The molecule has 0 aliphatic rings. The van der Waals surface area contributed by atoms with Crippen LogP contribution < -0.4 is 32.7 Å². The Kier molecular flexibility index (Phi) is 15.1. The lowest BCUT2D eigenvalue weighted by Crippen LogP contribution is -2.59. The molecule has 17 nitrogen and oxygen atoms in total. The van der Waals surface area contributed by atoms with Gasteiger partial charge >= 0.3 is 11.9 Å². The van der Waals surface area contributed by atoms with Crippen molar-refractivity contribution in [2.24, 2.45) is 11.5 Å². The summed E-state index contributed by atoms with van der Waals surface area (Å²) in [6.07, 6.45) is -1.65. The zero-order chi connectivity index (χ0) is 31.8. The maximum Gasteiger partial charge on any atom is 0.328 e. The number of primary amides is 1. The van der Waals surface area contributed by atoms with Crippen LogP contribution in [0.3, 0.4) is 0 Å². The van der Waals surface area contributed by atoms with E-state index in [2.05, 4.69) is 16.0 Å². The van der Waals surface area contributed by atoms with Gasteiger partial charge in [0.1, 0.15) is 24.2 Å². The minimum Gasteiger partial charge on any atom is -0.481 e. The molecule has 0 saturated carbocycles. The maximum absolute atomic E-state index is 13.1. The number of aliphatic hydroxyl groups excluding tert-OH is 2. The Morgan fingerprint density at radius 2 is 1.12 bits per heavy atom. The summed E-state index contributed by atoms with van der Waals surface area (Å²) in [5, 5.41) is 45.3. The number of carboxylic acids is 2. The zero-order valence-corrected chi connectivity index (χ0v) is 22.5. The van der Waals surface area contributed by atoms with Gasteiger partial charge in [0.15, 0.2) is 0 Å². The minimum atomic E-state index is -1.74. The third-order valence-electron chi connectivity index (χ3n) is 5.84. The van der Waals surface area contributed by atoms with E-state index in [0.29, 0.717) is 0 Å². The molecule has 0 aromatic heterocycles.